The van der Waals surface area contributed by atoms with E-state index >= 15 is 0 Å². The molecule has 0 saturated carbocycles. The molecule has 0 amide bonds. The van der Waals surface area contributed by atoms with Crippen molar-refractivity contribution in [1.82, 2.24) is 14.8 Å². The van der Waals surface area contributed by atoms with Gasteiger partial charge in [0.15, 0.2) is 15.6 Å². The van der Waals surface area contributed by atoms with Crippen LogP contribution in [0.1, 0.15) is 54.3 Å². The van der Waals surface area contributed by atoms with Crippen LogP contribution in [-0.2, 0) is 22.8 Å². The van der Waals surface area contributed by atoms with Crippen LogP contribution in [0.15, 0.2) is 15.7 Å². The molecule has 3 rings (SSSR count). The molecule has 2 aromatic heterocycles. The standard InChI is InChI=1S/C20H29N3O4S2/c1-13(2)5-7-23-14(3)9-17(15(23)4)18(24)11-28-20-22-21-19(27-20)10-16-6-8-29(25,26)12-16/h9,13,16H,5-8,10-12H2,1-4H3. The third-order valence-electron chi connectivity index (χ3n) is 5.37. The summed E-state index contributed by atoms with van der Waals surface area (Å²) in [5.41, 5.74) is 2.85. The molecule has 3 heterocycles. The Kier molecular flexibility index (Phi) is 6.88. The summed E-state index contributed by atoms with van der Waals surface area (Å²) >= 11 is 1.23. The predicted octanol–water partition coefficient (Wildman–Crippen LogP) is 3.49. The number of aromatic nitrogens is 3. The molecule has 0 bridgehead atoms. The summed E-state index contributed by atoms with van der Waals surface area (Å²) in [6.45, 7) is 9.33. The van der Waals surface area contributed by atoms with Crippen LogP contribution in [0.5, 0.6) is 0 Å². The van der Waals surface area contributed by atoms with Crippen molar-refractivity contribution in [3.63, 3.8) is 0 Å². The first-order chi connectivity index (χ1) is 13.6. The lowest BCUT2D eigenvalue weighted by molar-refractivity contribution is 0.102. The van der Waals surface area contributed by atoms with Crippen molar-refractivity contribution >= 4 is 27.4 Å². The summed E-state index contributed by atoms with van der Waals surface area (Å²) in [5.74, 6) is 1.78. The Morgan fingerprint density at radius 2 is 2.10 bits per heavy atom. The molecule has 1 saturated heterocycles. The predicted molar refractivity (Wildman–Crippen MR) is 113 cm³/mol. The molecule has 1 aliphatic rings. The smallest absolute Gasteiger partial charge is 0.277 e. The monoisotopic (exact) mass is 439 g/mol. The summed E-state index contributed by atoms with van der Waals surface area (Å²) in [6, 6.07) is 1.96. The van der Waals surface area contributed by atoms with Gasteiger partial charge in [0.25, 0.3) is 5.22 Å². The highest BCUT2D eigenvalue weighted by Gasteiger charge is 2.29. The minimum atomic E-state index is -2.92. The number of Topliss-reactive ketones (excluding diaryl/α,β-unsaturated/α-hetero) is 1. The zero-order chi connectivity index (χ0) is 21.2. The van der Waals surface area contributed by atoms with Gasteiger partial charge in [0, 0.05) is 29.9 Å². The second-order valence-corrected chi connectivity index (χ2v) is 11.4. The number of thioether (sulfide) groups is 1. The Morgan fingerprint density at radius 3 is 2.76 bits per heavy atom. The molecule has 160 valence electrons. The number of rotatable bonds is 9. The third-order valence-corrected chi connectivity index (χ3v) is 8.02. The van der Waals surface area contributed by atoms with Crippen LogP contribution >= 0.6 is 11.8 Å². The average molecular weight is 440 g/mol. The molecule has 0 aliphatic carbocycles. The summed E-state index contributed by atoms with van der Waals surface area (Å²) in [5, 5.41) is 8.35. The second-order valence-electron chi connectivity index (χ2n) is 8.27. The van der Waals surface area contributed by atoms with Gasteiger partial charge in [-0.2, -0.15) is 0 Å². The van der Waals surface area contributed by atoms with Gasteiger partial charge in [-0.25, -0.2) is 8.42 Å². The maximum atomic E-state index is 12.7. The fraction of sp³-hybridized carbons (Fsp3) is 0.650. The van der Waals surface area contributed by atoms with Gasteiger partial charge in [0.1, 0.15) is 0 Å². The normalized spacial score (nSPS) is 18.6. The third kappa shape index (κ3) is 5.72. The van der Waals surface area contributed by atoms with Crippen LogP contribution in [0, 0.1) is 25.7 Å². The van der Waals surface area contributed by atoms with Crippen LogP contribution in [0.3, 0.4) is 0 Å². The minimum Gasteiger partial charge on any atom is -0.416 e. The van der Waals surface area contributed by atoms with Gasteiger partial charge in [-0.05, 0) is 44.6 Å². The first-order valence-electron chi connectivity index (χ1n) is 10.00. The highest BCUT2D eigenvalue weighted by atomic mass is 32.2. The molecule has 0 N–H and O–H groups in total. The van der Waals surface area contributed by atoms with Crippen LogP contribution in [0.4, 0.5) is 0 Å². The lowest BCUT2D eigenvalue weighted by Crippen LogP contribution is -2.08. The van der Waals surface area contributed by atoms with Crippen molar-refractivity contribution in [2.24, 2.45) is 11.8 Å². The molecule has 1 atom stereocenters. The molecule has 29 heavy (non-hydrogen) atoms. The zero-order valence-corrected chi connectivity index (χ0v) is 19.1. The van der Waals surface area contributed by atoms with E-state index in [0.29, 0.717) is 29.9 Å². The number of nitrogens with zero attached hydrogens (tertiary/aromatic N) is 3. The van der Waals surface area contributed by atoms with Gasteiger partial charge in [-0.15, -0.1) is 10.2 Å². The average Bonchev–Trinajstić information content (AvgIpc) is 3.30. The van der Waals surface area contributed by atoms with Crippen LogP contribution in [0.2, 0.25) is 0 Å². The van der Waals surface area contributed by atoms with E-state index in [0.717, 1.165) is 29.9 Å². The summed E-state index contributed by atoms with van der Waals surface area (Å²) in [4.78, 5) is 12.7. The fourth-order valence-electron chi connectivity index (χ4n) is 3.68. The van der Waals surface area contributed by atoms with Gasteiger partial charge in [0.2, 0.25) is 5.89 Å². The fourth-order valence-corrected chi connectivity index (χ4v) is 6.20. The lowest BCUT2D eigenvalue weighted by atomic mass is 10.1. The lowest BCUT2D eigenvalue weighted by Gasteiger charge is -2.11. The molecular formula is C20H29N3O4S2. The topological polar surface area (TPSA) is 95.1 Å². The number of ketones is 1. The molecule has 0 spiro atoms. The molecule has 2 aromatic rings. The van der Waals surface area contributed by atoms with E-state index in [1.165, 1.54) is 11.8 Å². The Hall–Kier alpha value is -1.61. The van der Waals surface area contributed by atoms with Crippen molar-refractivity contribution in [2.75, 3.05) is 17.3 Å². The molecule has 1 unspecified atom stereocenters. The van der Waals surface area contributed by atoms with E-state index in [1.807, 2.05) is 19.9 Å². The number of carbonyl (C=O) groups excluding carboxylic acids is 1. The molecule has 9 heteroatoms. The van der Waals surface area contributed by atoms with E-state index in [2.05, 4.69) is 28.6 Å². The molecule has 1 fully saturated rings. The van der Waals surface area contributed by atoms with Crippen LogP contribution < -0.4 is 0 Å². The molecule has 0 radical (unpaired) electrons. The van der Waals surface area contributed by atoms with Crippen molar-refractivity contribution in [1.29, 1.82) is 0 Å². The maximum absolute atomic E-state index is 12.7. The van der Waals surface area contributed by atoms with Crippen LogP contribution in [-0.4, -0.2) is 46.2 Å². The Morgan fingerprint density at radius 1 is 1.34 bits per heavy atom. The Balaban J connectivity index is 1.56. The van der Waals surface area contributed by atoms with E-state index in [1.54, 1.807) is 0 Å². The molecular weight excluding hydrogens is 410 g/mol. The highest BCUT2D eigenvalue weighted by Crippen LogP contribution is 2.25. The maximum Gasteiger partial charge on any atom is 0.277 e. The van der Waals surface area contributed by atoms with Crippen molar-refractivity contribution in [2.45, 2.75) is 58.7 Å². The van der Waals surface area contributed by atoms with Gasteiger partial charge >= 0.3 is 0 Å². The first kappa shape index (κ1) is 22.1. The van der Waals surface area contributed by atoms with Gasteiger partial charge in [-0.3, -0.25) is 4.79 Å². The molecule has 0 aromatic carbocycles. The second kappa shape index (κ2) is 9.04. The van der Waals surface area contributed by atoms with E-state index in [9.17, 15) is 13.2 Å². The number of carbonyl (C=O) groups is 1. The SMILES string of the molecule is Cc1cc(C(=O)CSc2nnc(CC3CCS(=O)(=O)C3)o2)c(C)n1CCC(C)C. The quantitative estimate of drug-likeness (QED) is 0.436. The van der Waals surface area contributed by atoms with Crippen molar-refractivity contribution in [3.05, 3.63) is 28.9 Å². The Labute approximate surface area is 176 Å². The van der Waals surface area contributed by atoms with Crippen molar-refractivity contribution < 1.29 is 17.6 Å². The van der Waals surface area contributed by atoms with Gasteiger partial charge in [0.05, 0.1) is 17.3 Å². The largest absolute Gasteiger partial charge is 0.416 e. The number of sulfone groups is 1. The first-order valence-corrected chi connectivity index (χ1v) is 12.8. The van der Waals surface area contributed by atoms with Crippen LogP contribution in [0.25, 0.3) is 0 Å². The summed E-state index contributed by atoms with van der Waals surface area (Å²) in [6.07, 6.45) is 2.18. The van der Waals surface area contributed by atoms with Crippen molar-refractivity contribution in [3.8, 4) is 0 Å². The molecule has 7 nitrogen and oxygen atoms in total. The van der Waals surface area contributed by atoms with E-state index in [-0.39, 0.29) is 29.0 Å². The minimum absolute atomic E-state index is 0.0381. The van der Waals surface area contributed by atoms with E-state index < -0.39 is 9.84 Å². The molecule has 1 aliphatic heterocycles. The number of hydrogen-bond donors (Lipinski definition) is 0. The zero-order valence-electron chi connectivity index (χ0n) is 17.5. The summed E-state index contributed by atoms with van der Waals surface area (Å²) < 4.78 is 31.0. The Bertz CT molecular complexity index is 976. The van der Waals surface area contributed by atoms with Gasteiger partial charge < -0.3 is 8.98 Å². The number of aryl methyl sites for hydroxylation is 1. The van der Waals surface area contributed by atoms with E-state index in [4.69, 9.17) is 4.42 Å². The highest BCUT2D eigenvalue weighted by molar-refractivity contribution is 7.99. The van der Waals surface area contributed by atoms with Gasteiger partial charge in [-0.1, -0.05) is 25.6 Å². The summed E-state index contributed by atoms with van der Waals surface area (Å²) in [7, 11) is -2.92. The number of hydrogen-bond acceptors (Lipinski definition) is 7.